The van der Waals surface area contributed by atoms with Gasteiger partial charge in [0.15, 0.2) is 0 Å². The van der Waals surface area contributed by atoms with Crippen LogP contribution in [0.3, 0.4) is 0 Å². The molecule has 1 atom stereocenters. The lowest BCUT2D eigenvalue weighted by Gasteiger charge is -2.41. The number of rotatable bonds is 3. The van der Waals surface area contributed by atoms with Gasteiger partial charge in [-0.1, -0.05) is 0 Å². The van der Waals surface area contributed by atoms with E-state index in [-0.39, 0.29) is 25.3 Å². The summed E-state index contributed by atoms with van der Waals surface area (Å²) in [5, 5.41) is 11.5. The summed E-state index contributed by atoms with van der Waals surface area (Å²) in [6.07, 6.45) is -4.72. The number of nitrogens with one attached hydrogen (secondary N) is 1. The average Bonchev–Trinajstić information content (AvgIpc) is 2.73. The summed E-state index contributed by atoms with van der Waals surface area (Å²) >= 11 is 0. The molecule has 1 aliphatic rings. The Morgan fingerprint density at radius 3 is 2.39 bits per heavy atom. The SMILES string of the molecule is N#Cc1ccc(N2CCN(C(=O)Nc3ccc(F)cc3)C(C(N)=O)C2)cc1C(F)(F)F. The summed E-state index contributed by atoms with van der Waals surface area (Å²) in [4.78, 5) is 27.2. The number of carbonyl (C=O) groups excluding carboxylic acids is 2. The molecule has 1 heterocycles. The van der Waals surface area contributed by atoms with Gasteiger partial charge in [0.25, 0.3) is 0 Å². The summed E-state index contributed by atoms with van der Waals surface area (Å²) in [5.41, 5.74) is 4.29. The van der Waals surface area contributed by atoms with Crippen LogP contribution in [0.5, 0.6) is 0 Å². The molecule has 3 rings (SSSR count). The van der Waals surface area contributed by atoms with Crippen molar-refractivity contribution in [1.29, 1.82) is 5.26 Å². The number of primary amides is 1. The highest BCUT2D eigenvalue weighted by Gasteiger charge is 2.37. The van der Waals surface area contributed by atoms with Gasteiger partial charge in [-0.3, -0.25) is 4.79 Å². The quantitative estimate of drug-likeness (QED) is 0.724. The zero-order valence-electron chi connectivity index (χ0n) is 16.0. The monoisotopic (exact) mass is 435 g/mol. The van der Waals surface area contributed by atoms with E-state index < -0.39 is 41.1 Å². The number of urea groups is 1. The number of nitrogens with zero attached hydrogens (tertiary/aromatic N) is 3. The van der Waals surface area contributed by atoms with Crippen molar-refractivity contribution in [1.82, 2.24) is 4.90 Å². The second-order valence-electron chi connectivity index (χ2n) is 6.83. The van der Waals surface area contributed by atoms with Crippen LogP contribution in [-0.4, -0.2) is 42.5 Å². The van der Waals surface area contributed by atoms with Gasteiger partial charge in [0.05, 0.1) is 17.2 Å². The highest BCUT2D eigenvalue weighted by atomic mass is 19.4. The third-order valence-corrected chi connectivity index (χ3v) is 4.86. The third kappa shape index (κ3) is 4.85. The van der Waals surface area contributed by atoms with Crippen molar-refractivity contribution in [3.63, 3.8) is 0 Å². The molecule has 1 saturated heterocycles. The third-order valence-electron chi connectivity index (χ3n) is 4.86. The Kier molecular flexibility index (Phi) is 6.01. The second kappa shape index (κ2) is 8.51. The molecule has 0 saturated carbocycles. The van der Waals surface area contributed by atoms with E-state index in [1.807, 2.05) is 0 Å². The first-order chi connectivity index (χ1) is 14.6. The topological polar surface area (TPSA) is 102 Å². The molecule has 162 valence electrons. The minimum absolute atomic E-state index is 0.00197. The number of nitrogens with two attached hydrogens (primary N) is 1. The van der Waals surface area contributed by atoms with Crippen molar-refractivity contribution < 1.29 is 27.2 Å². The molecule has 0 aromatic heterocycles. The molecule has 7 nitrogen and oxygen atoms in total. The molecule has 2 aromatic rings. The zero-order valence-corrected chi connectivity index (χ0v) is 16.0. The lowest BCUT2D eigenvalue weighted by atomic mass is 10.0. The molecule has 0 bridgehead atoms. The molecule has 0 aliphatic carbocycles. The molecule has 0 spiro atoms. The Labute approximate surface area is 174 Å². The number of alkyl halides is 3. The summed E-state index contributed by atoms with van der Waals surface area (Å²) in [6.45, 7) is 0.00116. The summed E-state index contributed by atoms with van der Waals surface area (Å²) in [7, 11) is 0. The van der Waals surface area contributed by atoms with Crippen molar-refractivity contribution >= 4 is 23.3 Å². The number of amides is 3. The van der Waals surface area contributed by atoms with Gasteiger partial charge in [0.2, 0.25) is 5.91 Å². The molecule has 3 N–H and O–H groups in total. The van der Waals surface area contributed by atoms with Crippen LogP contribution < -0.4 is 16.0 Å². The Balaban J connectivity index is 1.80. The summed E-state index contributed by atoms with van der Waals surface area (Å²) in [5.74, 6) is -1.31. The first-order valence-electron chi connectivity index (χ1n) is 9.09. The number of carbonyl (C=O) groups is 2. The van der Waals surface area contributed by atoms with E-state index in [1.165, 1.54) is 34.1 Å². The van der Waals surface area contributed by atoms with Crippen molar-refractivity contribution in [2.75, 3.05) is 29.9 Å². The molecule has 1 fully saturated rings. The first-order valence-corrected chi connectivity index (χ1v) is 9.09. The summed E-state index contributed by atoms with van der Waals surface area (Å²) < 4.78 is 52.8. The van der Waals surface area contributed by atoms with E-state index in [0.717, 1.165) is 24.3 Å². The zero-order chi connectivity index (χ0) is 22.8. The maximum atomic E-state index is 13.3. The van der Waals surface area contributed by atoms with Crippen LogP contribution in [0.2, 0.25) is 0 Å². The van der Waals surface area contributed by atoms with E-state index in [9.17, 15) is 27.2 Å². The average molecular weight is 435 g/mol. The van der Waals surface area contributed by atoms with E-state index in [0.29, 0.717) is 5.69 Å². The highest BCUT2D eigenvalue weighted by molar-refractivity contribution is 5.94. The van der Waals surface area contributed by atoms with E-state index in [4.69, 9.17) is 11.0 Å². The van der Waals surface area contributed by atoms with Crippen LogP contribution in [0.4, 0.5) is 33.7 Å². The Morgan fingerprint density at radius 2 is 1.81 bits per heavy atom. The molecule has 1 unspecified atom stereocenters. The minimum atomic E-state index is -4.72. The van der Waals surface area contributed by atoms with Gasteiger partial charge in [-0.2, -0.15) is 18.4 Å². The van der Waals surface area contributed by atoms with Crippen LogP contribution >= 0.6 is 0 Å². The van der Waals surface area contributed by atoms with Crippen molar-refractivity contribution in [2.24, 2.45) is 5.73 Å². The standard InChI is InChI=1S/C20H17F4N5O2/c21-13-2-4-14(5-3-13)27-19(31)29-8-7-28(11-17(29)18(26)30)15-6-1-12(10-25)16(9-15)20(22,23)24/h1-6,9,17H,7-8,11H2,(H2,26,30)(H,27,31). The smallest absolute Gasteiger partial charge is 0.368 e. The van der Waals surface area contributed by atoms with Gasteiger partial charge in [-0.25, -0.2) is 9.18 Å². The van der Waals surface area contributed by atoms with E-state index in [1.54, 1.807) is 0 Å². The first kappa shape index (κ1) is 21.9. The molecule has 2 aromatic carbocycles. The Bertz CT molecular complexity index is 1030. The van der Waals surface area contributed by atoms with Crippen LogP contribution in [0.1, 0.15) is 11.1 Å². The fourth-order valence-corrected chi connectivity index (χ4v) is 3.29. The number of benzene rings is 2. The maximum absolute atomic E-state index is 13.3. The molecular weight excluding hydrogens is 418 g/mol. The van der Waals surface area contributed by atoms with Gasteiger partial charge < -0.3 is 20.9 Å². The van der Waals surface area contributed by atoms with Crippen molar-refractivity contribution in [3.05, 3.63) is 59.4 Å². The van der Waals surface area contributed by atoms with Gasteiger partial charge in [-0.15, -0.1) is 0 Å². The number of hydrogen-bond acceptors (Lipinski definition) is 4. The number of piperazine rings is 1. The lowest BCUT2D eigenvalue weighted by Crippen LogP contribution is -2.60. The van der Waals surface area contributed by atoms with Crippen LogP contribution in [0, 0.1) is 17.1 Å². The van der Waals surface area contributed by atoms with Gasteiger partial charge in [-0.05, 0) is 42.5 Å². The fourth-order valence-electron chi connectivity index (χ4n) is 3.29. The second-order valence-corrected chi connectivity index (χ2v) is 6.83. The van der Waals surface area contributed by atoms with Crippen LogP contribution in [0.15, 0.2) is 42.5 Å². The van der Waals surface area contributed by atoms with Crippen molar-refractivity contribution in [2.45, 2.75) is 12.2 Å². The van der Waals surface area contributed by atoms with Crippen LogP contribution in [0.25, 0.3) is 0 Å². The number of halogens is 4. The van der Waals surface area contributed by atoms with E-state index in [2.05, 4.69) is 5.32 Å². The fraction of sp³-hybridized carbons (Fsp3) is 0.250. The van der Waals surface area contributed by atoms with E-state index >= 15 is 0 Å². The predicted octanol–water partition coefficient (Wildman–Crippen LogP) is 2.92. The lowest BCUT2D eigenvalue weighted by molar-refractivity contribution is -0.137. The van der Waals surface area contributed by atoms with Crippen molar-refractivity contribution in [3.8, 4) is 6.07 Å². The largest absolute Gasteiger partial charge is 0.417 e. The molecule has 31 heavy (non-hydrogen) atoms. The number of nitriles is 1. The summed E-state index contributed by atoms with van der Waals surface area (Å²) in [6, 6.07) is 8.00. The highest BCUT2D eigenvalue weighted by Crippen LogP contribution is 2.35. The molecule has 3 amide bonds. The minimum Gasteiger partial charge on any atom is -0.368 e. The van der Waals surface area contributed by atoms with Gasteiger partial charge in [0.1, 0.15) is 11.9 Å². The normalized spacial score (nSPS) is 16.5. The maximum Gasteiger partial charge on any atom is 0.417 e. The predicted molar refractivity (Wildman–Crippen MR) is 103 cm³/mol. The Morgan fingerprint density at radius 1 is 1.13 bits per heavy atom. The molecular formula is C20H17F4N5O2. The molecule has 11 heteroatoms. The number of hydrogen-bond donors (Lipinski definition) is 2. The molecule has 1 aliphatic heterocycles. The Hall–Kier alpha value is -3.81. The molecule has 0 radical (unpaired) electrons. The van der Waals surface area contributed by atoms with Crippen LogP contribution in [-0.2, 0) is 11.0 Å². The van der Waals surface area contributed by atoms with Gasteiger partial charge in [0, 0.05) is 31.0 Å². The number of anilines is 2. The van der Waals surface area contributed by atoms with Gasteiger partial charge >= 0.3 is 12.2 Å².